The Morgan fingerprint density at radius 2 is 1.90 bits per heavy atom. The molecule has 4 saturated carbocycles. The number of hydrogen-bond donors (Lipinski definition) is 0. The van der Waals surface area contributed by atoms with Gasteiger partial charge >= 0.3 is 5.97 Å². The maximum absolute atomic E-state index is 12.8. The Kier molecular flexibility index (Phi) is 4.75. The van der Waals surface area contributed by atoms with Crippen LogP contribution in [0.2, 0.25) is 0 Å². The van der Waals surface area contributed by atoms with Crippen LogP contribution in [0.15, 0.2) is 0 Å². The average Bonchev–Trinajstić information content (AvgIpc) is 3.41. The molecule has 30 heavy (non-hydrogen) atoms. The highest BCUT2D eigenvalue weighted by molar-refractivity contribution is 5.81. The van der Waals surface area contributed by atoms with Crippen LogP contribution in [0.1, 0.15) is 92.4 Å². The molecule has 168 valence electrons. The van der Waals surface area contributed by atoms with Crippen LogP contribution in [0.25, 0.3) is 0 Å². The zero-order chi connectivity index (χ0) is 21.5. The molecular formula is C26H40O4. The topological polar surface area (TPSA) is 55.9 Å². The summed E-state index contributed by atoms with van der Waals surface area (Å²) in [6.45, 7) is 11.1. The second-order valence-electron chi connectivity index (χ2n) is 11.9. The average molecular weight is 417 g/mol. The first-order valence-corrected chi connectivity index (χ1v) is 12.5. The largest absolute Gasteiger partial charge is 0.462 e. The van der Waals surface area contributed by atoms with Crippen molar-refractivity contribution < 1.29 is 19.1 Å². The van der Waals surface area contributed by atoms with E-state index in [1.54, 1.807) is 6.92 Å². The van der Waals surface area contributed by atoms with Gasteiger partial charge in [-0.1, -0.05) is 27.7 Å². The highest BCUT2D eigenvalue weighted by Gasteiger charge is 2.72. The SMILES string of the molecule is CCC1OC1C12CC[C@@H]3[C@@H](CC[C@]4(C)C(OC(C)=O)CC[C@@H]34)[C@@]1(C)C(C)CC(=O)C2. The second kappa shape index (κ2) is 6.80. The highest BCUT2D eigenvalue weighted by atomic mass is 16.6. The van der Waals surface area contributed by atoms with E-state index in [0.29, 0.717) is 35.6 Å². The first-order chi connectivity index (χ1) is 14.2. The van der Waals surface area contributed by atoms with E-state index in [1.165, 1.54) is 19.3 Å². The second-order valence-corrected chi connectivity index (χ2v) is 11.9. The zero-order valence-electron chi connectivity index (χ0n) is 19.5. The molecule has 4 heteroatoms. The normalized spacial score (nSPS) is 54.7. The number of rotatable bonds is 3. The minimum Gasteiger partial charge on any atom is -0.462 e. The van der Waals surface area contributed by atoms with Crippen molar-refractivity contribution in [1.82, 2.24) is 0 Å². The van der Waals surface area contributed by atoms with Gasteiger partial charge in [-0.3, -0.25) is 9.59 Å². The molecule has 5 unspecified atom stereocenters. The number of hydrogen-bond acceptors (Lipinski definition) is 4. The van der Waals surface area contributed by atoms with Gasteiger partial charge < -0.3 is 9.47 Å². The van der Waals surface area contributed by atoms with Gasteiger partial charge in [-0.15, -0.1) is 0 Å². The minimum atomic E-state index is -0.130. The van der Waals surface area contributed by atoms with E-state index in [2.05, 4.69) is 27.7 Å². The van der Waals surface area contributed by atoms with Crippen molar-refractivity contribution in [3.8, 4) is 0 Å². The van der Waals surface area contributed by atoms with Crippen LogP contribution in [0.5, 0.6) is 0 Å². The van der Waals surface area contributed by atoms with E-state index in [0.717, 1.165) is 38.5 Å². The Hall–Kier alpha value is -0.900. The smallest absolute Gasteiger partial charge is 0.302 e. The third kappa shape index (κ3) is 2.61. The first kappa shape index (κ1) is 21.0. The molecule has 0 aromatic carbocycles. The van der Waals surface area contributed by atoms with Gasteiger partial charge in [-0.25, -0.2) is 0 Å². The summed E-state index contributed by atoms with van der Waals surface area (Å²) in [4.78, 5) is 24.6. The lowest BCUT2D eigenvalue weighted by molar-refractivity contribution is -0.197. The lowest BCUT2D eigenvalue weighted by atomic mass is 9.37. The van der Waals surface area contributed by atoms with Crippen LogP contribution in [0.4, 0.5) is 0 Å². The molecule has 0 spiro atoms. The Morgan fingerprint density at radius 1 is 1.13 bits per heavy atom. The molecule has 0 aromatic rings. The van der Waals surface area contributed by atoms with Crippen LogP contribution in [-0.2, 0) is 19.1 Å². The minimum absolute atomic E-state index is 0.0330. The summed E-state index contributed by atoms with van der Waals surface area (Å²) in [5.74, 6) is 2.74. The fourth-order valence-electron chi connectivity index (χ4n) is 9.44. The molecule has 0 N–H and O–H groups in total. The van der Waals surface area contributed by atoms with Crippen molar-refractivity contribution in [2.24, 2.45) is 39.9 Å². The predicted molar refractivity (Wildman–Crippen MR) is 115 cm³/mol. The fraction of sp³-hybridized carbons (Fsp3) is 0.923. The lowest BCUT2D eigenvalue weighted by Gasteiger charge is -2.66. The Bertz CT molecular complexity index is 747. The van der Waals surface area contributed by atoms with Crippen molar-refractivity contribution in [2.75, 3.05) is 0 Å². The molecule has 0 radical (unpaired) electrons. The highest BCUT2D eigenvalue weighted by Crippen LogP contribution is 2.73. The predicted octanol–water partition coefficient (Wildman–Crippen LogP) is 5.32. The van der Waals surface area contributed by atoms with E-state index in [4.69, 9.17) is 9.47 Å². The Balaban J connectivity index is 1.49. The molecule has 5 aliphatic rings. The molecule has 0 aromatic heterocycles. The van der Waals surface area contributed by atoms with Crippen molar-refractivity contribution in [1.29, 1.82) is 0 Å². The molecule has 1 saturated heterocycles. The standard InChI is InChI=1S/C26H40O4/c1-6-21-23(30-21)26-12-9-18-19-7-8-22(29-16(3)27)24(19,4)11-10-20(18)25(26,5)15(2)13-17(28)14-26/h15,18-23H,6-14H2,1-5H3/t15?,18-,19-,20+,21?,22?,23?,24-,25+,26?/m0/s1. The molecular weight excluding hydrogens is 376 g/mol. The van der Waals surface area contributed by atoms with Crippen LogP contribution in [0.3, 0.4) is 0 Å². The number of ether oxygens (including phenoxy) is 2. The van der Waals surface area contributed by atoms with Crippen LogP contribution in [-0.4, -0.2) is 30.1 Å². The van der Waals surface area contributed by atoms with Gasteiger partial charge in [0, 0.05) is 30.6 Å². The first-order valence-electron chi connectivity index (χ1n) is 12.5. The number of fused-ring (bicyclic) bond motifs is 5. The number of carbonyl (C=O) groups is 2. The van der Waals surface area contributed by atoms with Crippen LogP contribution >= 0.6 is 0 Å². The molecule has 1 heterocycles. The van der Waals surface area contributed by atoms with Gasteiger partial charge in [-0.2, -0.15) is 0 Å². The maximum atomic E-state index is 12.8. The number of Topliss-reactive ketones (excluding diaryl/α,β-unsaturated/α-hetero) is 1. The van der Waals surface area contributed by atoms with E-state index < -0.39 is 0 Å². The number of esters is 1. The third-order valence-electron chi connectivity index (χ3n) is 11.0. The summed E-state index contributed by atoms with van der Waals surface area (Å²) in [5.41, 5.74) is 0.323. The van der Waals surface area contributed by atoms with Crippen molar-refractivity contribution in [2.45, 2.75) is 111 Å². The van der Waals surface area contributed by atoms with Gasteiger partial charge in [-0.05, 0) is 74.0 Å². The van der Waals surface area contributed by atoms with Crippen molar-refractivity contribution in [3.05, 3.63) is 0 Å². The zero-order valence-corrected chi connectivity index (χ0v) is 19.5. The van der Waals surface area contributed by atoms with Crippen molar-refractivity contribution in [3.63, 3.8) is 0 Å². The van der Waals surface area contributed by atoms with Crippen molar-refractivity contribution >= 4 is 11.8 Å². The maximum Gasteiger partial charge on any atom is 0.302 e. The molecule has 5 rings (SSSR count). The molecule has 10 atom stereocenters. The van der Waals surface area contributed by atoms with Gasteiger partial charge in [0.25, 0.3) is 0 Å². The Morgan fingerprint density at radius 3 is 2.57 bits per heavy atom. The van der Waals surface area contributed by atoms with E-state index in [-0.39, 0.29) is 34.4 Å². The summed E-state index contributed by atoms with van der Waals surface area (Å²) < 4.78 is 12.1. The summed E-state index contributed by atoms with van der Waals surface area (Å²) in [5, 5.41) is 0. The molecule has 1 aliphatic heterocycles. The third-order valence-corrected chi connectivity index (χ3v) is 11.0. The van der Waals surface area contributed by atoms with E-state index in [9.17, 15) is 9.59 Å². The van der Waals surface area contributed by atoms with Crippen LogP contribution in [0, 0.1) is 39.9 Å². The number of epoxide rings is 1. The summed E-state index contributed by atoms with van der Waals surface area (Å²) in [6.07, 6.45) is 10.1. The fourth-order valence-corrected chi connectivity index (χ4v) is 9.44. The summed E-state index contributed by atoms with van der Waals surface area (Å²) in [7, 11) is 0. The van der Waals surface area contributed by atoms with Crippen LogP contribution < -0.4 is 0 Å². The molecule has 5 fully saturated rings. The van der Waals surface area contributed by atoms with Gasteiger partial charge in [0.15, 0.2) is 0 Å². The summed E-state index contributed by atoms with van der Waals surface area (Å²) in [6, 6.07) is 0. The number of ketones is 1. The van der Waals surface area contributed by atoms with E-state index >= 15 is 0 Å². The van der Waals surface area contributed by atoms with Gasteiger partial charge in [0.05, 0.1) is 12.2 Å². The molecule has 0 amide bonds. The van der Waals surface area contributed by atoms with E-state index in [1.807, 2.05) is 0 Å². The summed E-state index contributed by atoms with van der Waals surface area (Å²) >= 11 is 0. The molecule has 4 aliphatic carbocycles. The molecule has 4 nitrogen and oxygen atoms in total. The van der Waals surface area contributed by atoms with Gasteiger partial charge in [0.2, 0.25) is 0 Å². The number of carbonyl (C=O) groups excluding carboxylic acids is 2. The monoisotopic (exact) mass is 416 g/mol. The quantitative estimate of drug-likeness (QED) is 0.461. The molecule has 0 bridgehead atoms. The van der Waals surface area contributed by atoms with Gasteiger partial charge in [0.1, 0.15) is 11.9 Å². The Labute approximate surface area is 181 Å². The lowest BCUT2D eigenvalue weighted by Crippen LogP contribution is -2.63.